The van der Waals surface area contributed by atoms with Gasteiger partial charge in [-0.1, -0.05) is 6.07 Å². The molecule has 0 saturated carbocycles. The number of hydrogen-bond acceptors (Lipinski definition) is 5. The van der Waals surface area contributed by atoms with Crippen molar-refractivity contribution in [3.63, 3.8) is 0 Å². The van der Waals surface area contributed by atoms with Gasteiger partial charge < -0.3 is 14.4 Å². The Morgan fingerprint density at radius 3 is 3.00 bits per heavy atom. The number of thiophene rings is 1. The molecular formula is C16H17N3O2S. The molecule has 0 saturated heterocycles. The van der Waals surface area contributed by atoms with E-state index in [2.05, 4.69) is 9.97 Å². The van der Waals surface area contributed by atoms with Gasteiger partial charge in [-0.3, -0.25) is 4.98 Å². The second-order valence-corrected chi connectivity index (χ2v) is 5.93. The number of aromatic nitrogens is 3. The molecule has 0 radical (unpaired) electrons. The zero-order chi connectivity index (χ0) is 15.2. The predicted octanol–water partition coefficient (Wildman–Crippen LogP) is 2.58. The Labute approximate surface area is 132 Å². The molecule has 0 amide bonds. The summed E-state index contributed by atoms with van der Waals surface area (Å²) in [4.78, 5) is 9.59. The molecule has 3 aromatic rings. The highest BCUT2D eigenvalue weighted by atomic mass is 32.1. The number of aliphatic hydroxyl groups is 1. The molecule has 0 spiro atoms. The Hall–Kier alpha value is -2.02. The van der Waals surface area contributed by atoms with Gasteiger partial charge in [-0.05, 0) is 23.6 Å². The van der Waals surface area contributed by atoms with Crippen molar-refractivity contribution in [1.82, 2.24) is 14.5 Å². The van der Waals surface area contributed by atoms with Gasteiger partial charge in [-0.25, -0.2) is 4.98 Å². The number of rotatable bonds is 7. The van der Waals surface area contributed by atoms with Gasteiger partial charge in [0, 0.05) is 35.2 Å². The first kappa shape index (κ1) is 14.9. The minimum atomic E-state index is -0.579. The summed E-state index contributed by atoms with van der Waals surface area (Å²) < 4.78 is 7.46. The summed E-state index contributed by atoms with van der Waals surface area (Å²) in [6.07, 6.45) is 6.49. The van der Waals surface area contributed by atoms with Crippen molar-refractivity contribution in [2.24, 2.45) is 0 Å². The molecule has 0 aliphatic rings. The average molecular weight is 315 g/mol. The van der Waals surface area contributed by atoms with Crippen LogP contribution in [0.15, 0.2) is 54.4 Å². The zero-order valence-corrected chi connectivity index (χ0v) is 12.8. The number of nitrogens with zero attached hydrogens (tertiary/aromatic N) is 3. The van der Waals surface area contributed by atoms with Gasteiger partial charge >= 0.3 is 0 Å². The Balaban J connectivity index is 1.56. The van der Waals surface area contributed by atoms with Crippen LogP contribution in [0.25, 0.3) is 11.4 Å². The Bertz CT molecular complexity index is 683. The second-order valence-electron chi connectivity index (χ2n) is 4.89. The molecule has 3 rings (SSSR count). The lowest BCUT2D eigenvalue weighted by molar-refractivity contribution is 0.0215. The zero-order valence-electron chi connectivity index (χ0n) is 12.0. The summed E-state index contributed by atoms with van der Waals surface area (Å²) in [5.41, 5.74) is 0.930. The van der Waals surface area contributed by atoms with Crippen LogP contribution in [0.4, 0.5) is 0 Å². The van der Waals surface area contributed by atoms with E-state index >= 15 is 0 Å². The fourth-order valence-corrected chi connectivity index (χ4v) is 2.82. The van der Waals surface area contributed by atoms with Gasteiger partial charge in [0.05, 0.1) is 25.9 Å². The molecular weight excluding hydrogens is 298 g/mol. The minimum absolute atomic E-state index is 0.294. The highest BCUT2D eigenvalue weighted by Crippen LogP contribution is 2.16. The lowest BCUT2D eigenvalue weighted by Crippen LogP contribution is -2.22. The van der Waals surface area contributed by atoms with E-state index in [0.29, 0.717) is 19.8 Å². The van der Waals surface area contributed by atoms with E-state index in [4.69, 9.17) is 4.74 Å². The number of imidazole rings is 1. The van der Waals surface area contributed by atoms with Crippen molar-refractivity contribution in [1.29, 1.82) is 0 Å². The largest absolute Gasteiger partial charge is 0.389 e. The third-order valence-corrected chi connectivity index (χ3v) is 4.03. The van der Waals surface area contributed by atoms with E-state index in [1.54, 1.807) is 29.9 Å². The van der Waals surface area contributed by atoms with E-state index < -0.39 is 6.10 Å². The summed E-state index contributed by atoms with van der Waals surface area (Å²) in [5.74, 6) is 0.797. The average Bonchev–Trinajstić information content (AvgIpc) is 3.20. The quantitative estimate of drug-likeness (QED) is 0.728. The molecule has 114 valence electrons. The smallest absolute Gasteiger partial charge is 0.141 e. The summed E-state index contributed by atoms with van der Waals surface area (Å²) in [6, 6.07) is 7.83. The Kier molecular flexibility index (Phi) is 4.95. The minimum Gasteiger partial charge on any atom is -0.389 e. The molecule has 1 unspecified atom stereocenters. The van der Waals surface area contributed by atoms with E-state index in [0.717, 1.165) is 16.3 Å². The fourth-order valence-electron chi connectivity index (χ4n) is 2.18. The summed E-state index contributed by atoms with van der Waals surface area (Å²) in [6.45, 7) is 1.27. The normalized spacial score (nSPS) is 12.4. The van der Waals surface area contributed by atoms with Gasteiger partial charge in [-0.15, -0.1) is 11.3 Å². The first-order valence-corrected chi connectivity index (χ1v) is 7.90. The van der Waals surface area contributed by atoms with Crippen LogP contribution in [0, 0.1) is 0 Å². The molecule has 1 atom stereocenters. The van der Waals surface area contributed by atoms with Gasteiger partial charge in [0.25, 0.3) is 0 Å². The van der Waals surface area contributed by atoms with Crippen molar-refractivity contribution >= 4 is 11.3 Å². The van der Waals surface area contributed by atoms with Crippen LogP contribution in [-0.4, -0.2) is 32.4 Å². The number of hydrogen-bond donors (Lipinski definition) is 1. The third kappa shape index (κ3) is 3.79. The van der Waals surface area contributed by atoms with Gasteiger partial charge in [0.15, 0.2) is 0 Å². The van der Waals surface area contributed by atoms with Gasteiger partial charge in [0.1, 0.15) is 5.82 Å². The standard InChI is InChI=1S/C16H17N3O2S/c20-14(11-21-12-15-4-2-8-22-15)10-19-7-6-18-16(19)13-3-1-5-17-9-13/h1-9,14,20H,10-12H2. The molecule has 1 N–H and O–H groups in total. The van der Waals surface area contributed by atoms with E-state index in [9.17, 15) is 5.11 Å². The molecule has 3 heterocycles. The van der Waals surface area contributed by atoms with Crippen molar-refractivity contribution < 1.29 is 9.84 Å². The Morgan fingerprint density at radius 2 is 2.23 bits per heavy atom. The lowest BCUT2D eigenvalue weighted by atomic mass is 10.2. The maximum atomic E-state index is 10.1. The molecule has 0 aliphatic heterocycles. The van der Waals surface area contributed by atoms with E-state index in [1.807, 2.05) is 40.4 Å². The predicted molar refractivity (Wildman–Crippen MR) is 85.4 cm³/mol. The monoisotopic (exact) mass is 315 g/mol. The van der Waals surface area contributed by atoms with Gasteiger partial charge in [-0.2, -0.15) is 0 Å². The summed E-state index contributed by atoms with van der Waals surface area (Å²) in [7, 11) is 0. The van der Waals surface area contributed by atoms with Crippen LogP contribution in [0.5, 0.6) is 0 Å². The number of aliphatic hydroxyl groups excluding tert-OH is 1. The molecule has 0 aromatic carbocycles. The number of ether oxygens (including phenoxy) is 1. The van der Waals surface area contributed by atoms with Crippen LogP contribution in [0.2, 0.25) is 0 Å². The lowest BCUT2D eigenvalue weighted by Gasteiger charge is -2.13. The van der Waals surface area contributed by atoms with Crippen LogP contribution in [0.3, 0.4) is 0 Å². The Morgan fingerprint density at radius 1 is 1.27 bits per heavy atom. The van der Waals surface area contributed by atoms with Crippen LogP contribution in [0.1, 0.15) is 4.88 Å². The maximum Gasteiger partial charge on any atom is 0.141 e. The molecule has 0 fully saturated rings. The van der Waals surface area contributed by atoms with Crippen molar-refractivity contribution in [3.05, 3.63) is 59.3 Å². The second kappa shape index (κ2) is 7.31. The summed E-state index contributed by atoms with van der Waals surface area (Å²) >= 11 is 1.65. The van der Waals surface area contributed by atoms with Crippen molar-refractivity contribution in [2.75, 3.05) is 6.61 Å². The molecule has 22 heavy (non-hydrogen) atoms. The molecule has 5 nitrogen and oxygen atoms in total. The fraction of sp³-hybridized carbons (Fsp3) is 0.250. The molecule has 3 aromatic heterocycles. The number of pyridine rings is 1. The topological polar surface area (TPSA) is 60.2 Å². The first-order chi connectivity index (χ1) is 10.8. The van der Waals surface area contributed by atoms with Crippen molar-refractivity contribution in [2.45, 2.75) is 19.3 Å². The van der Waals surface area contributed by atoms with Crippen LogP contribution in [-0.2, 0) is 17.9 Å². The van der Waals surface area contributed by atoms with Crippen molar-refractivity contribution in [3.8, 4) is 11.4 Å². The van der Waals surface area contributed by atoms with Crippen LogP contribution >= 0.6 is 11.3 Å². The van der Waals surface area contributed by atoms with E-state index in [-0.39, 0.29) is 0 Å². The molecule has 0 aliphatic carbocycles. The SMILES string of the molecule is OC(COCc1cccs1)Cn1ccnc1-c1cccnc1. The first-order valence-electron chi connectivity index (χ1n) is 7.02. The van der Waals surface area contributed by atoms with Crippen LogP contribution < -0.4 is 0 Å². The highest BCUT2D eigenvalue weighted by Gasteiger charge is 2.11. The van der Waals surface area contributed by atoms with Gasteiger partial charge in [0.2, 0.25) is 0 Å². The summed E-state index contributed by atoms with van der Waals surface area (Å²) in [5, 5.41) is 12.1. The molecule has 6 heteroatoms. The van der Waals surface area contributed by atoms with E-state index in [1.165, 1.54) is 0 Å². The highest BCUT2D eigenvalue weighted by molar-refractivity contribution is 7.09. The third-order valence-electron chi connectivity index (χ3n) is 3.18. The molecule has 0 bridgehead atoms. The maximum absolute atomic E-state index is 10.1.